The van der Waals surface area contributed by atoms with Gasteiger partial charge in [-0.05, 0) is 42.8 Å². The molecule has 0 N–H and O–H groups in total. The summed E-state index contributed by atoms with van der Waals surface area (Å²) >= 11 is 12.4. The zero-order valence-electron chi connectivity index (χ0n) is 17.6. The summed E-state index contributed by atoms with van der Waals surface area (Å²) in [6, 6.07) is 8.51. The predicted octanol–water partition coefficient (Wildman–Crippen LogP) is 5.06. The van der Waals surface area contributed by atoms with Gasteiger partial charge in [-0.3, -0.25) is 0 Å². The highest BCUT2D eigenvalue weighted by Gasteiger charge is 2.22. The van der Waals surface area contributed by atoms with E-state index in [4.69, 9.17) is 32.7 Å². The molecule has 0 radical (unpaired) electrons. The van der Waals surface area contributed by atoms with Gasteiger partial charge < -0.3 is 9.47 Å². The van der Waals surface area contributed by atoms with E-state index in [-0.39, 0.29) is 43.9 Å². The maximum Gasteiger partial charge on any atom is 0.206 e. The van der Waals surface area contributed by atoms with Crippen LogP contribution < -0.4 is 9.47 Å². The van der Waals surface area contributed by atoms with Crippen molar-refractivity contribution in [3.05, 3.63) is 46.4 Å². The Labute approximate surface area is 194 Å². The second kappa shape index (κ2) is 10.9. The largest absolute Gasteiger partial charge is 0.493 e. The van der Waals surface area contributed by atoms with E-state index in [0.717, 1.165) is 12.8 Å². The van der Waals surface area contributed by atoms with Gasteiger partial charge in [0.05, 0.1) is 38.8 Å². The van der Waals surface area contributed by atoms with Crippen molar-refractivity contribution in [2.24, 2.45) is 5.92 Å². The molecule has 0 saturated carbocycles. The van der Waals surface area contributed by atoms with Crippen LogP contribution in [0.5, 0.6) is 11.5 Å². The van der Waals surface area contributed by atoms with Crippen LogP contribution in [0.4, 0.5) is 0 Å². The van der Waals surface area contributed by atoms with E-state index in [1.54, 1.807) is 6.92 Å². The lowest BCUT2D eigenvalue weighted by atomic mass is 10.2. The van der Waals surface area contributed by atoms with Gasteiger partial charge in [0.25, 0.3) is 0 Å². The quantitative estimate of drug-likeness (QED) is 0.394. The summed E-state index contributed by atoms with van der Waals surface area (Å²) in [5, 5.41) is 0.254. The third-order valence-corrected chi connectivity index (χ3v) is 7.77. The number of hydrogen-bond acceptors (Lipinski definition) is 6. The molecule has 0 amide bonds. The first-order valence-corrected chi connectivity index (χ1v) is 14.0. The highest BCUT2D eigenvalue weighted by Crippen LogP contribution is 2.37. The molecule has 172 valence electrons. The smallest absolute Gasteiger partial charge is 0.206 e. The second-order valence-corrected chi connectivity index (χ2v) is 12.4. The van der Waals surface area contributed by atoms with E-state index in [2.05, 4.69) is 0 Å². The van der Waals surface area contributed by atoms with Gasteiger partial charge in [-0.2, -0.15) is 0 Å². The van der Waals surface area contributed by atoms with Crippen LogP contribution in [-0.4, -0.2) is 42.1 Å². The number of ether oxygens (including phenoxy) is 2. The molecule has 1 unspecified atom stereocenters. The van der Waals surface area contributed by atoms with Crippen LogP contribution >= 0.6 is 23.2 Å². The Hall–Kier alpha value is -1.48. The first-order valence-electron chi connectivity index (χ1n) is 9.71. The van der Waals surface area contributed by atoms with Gasteiger partial charge in [0.1, 0.15) is 15.6 Å². The number of hydrogen-bond donors (Lipinski definition) is 0. The van der Waals surface area contributed by atoms with Crippen molar-refractivity contribution in [1.82, 2.24) is 0 Å². The van der Waals surface area contributed by atoms with Crippen molar-refractivity contribution in [3.63, 3.8) is 0 Å². The minimum Gasteiger partial charge on any atom is -0.493 e. The van der Waals surface area contributed by atoms with Gasteiger partial charge in [0.2, 0.25) is 9.84 Å². The molecule has 0 spiro atoms. The fourth-order valence-corrected chi connectivity index (χ4v) is 5.97. The Morgan fingerprint density at radius 2 is 1.52 bits per heavy atom. The molecule has 0 heterocycles. The van der Waals surface area contributed by atoms with Crippen molar-refractivity contribution < 1.29 is 26.3 Å². The summed E-state index contributed by atoms with van der Waals surface area (Å²) in [6.45, 7) is 4.42. The van der Waals surface area contributed by atoms with Gasteiger partial charge in [0, 0.05) is 12.2 Å². The molecule has 0 aliphatic rings. The van der Waals surface area contributed by atoms with Crippen molar-refractivity contribution in [2.75, 3.05) is 25.2 Å². The van der Waals surface area contributed by atoms with E-state index >= 15 is 0 Å². The molecule has 0 saturated heterocycles. The van der Waals surface area contributed by atoms with Crippen LogP contribution in [-0.2, 0) is 19.7 Å². The summed E-state index contributed by atoms with van der Waals surface area (Å²) in [6.07, 6.45) is 2.94. The molecule has 31 heavy (non-hydrogen) atoms. The molecule has 2 aromatic rings. The van der Waals surface area contributed by atoms with Crippen molar-refractivity contribution in [3.8, 4) is 11.5 Å². The Kier molecular flexibility index (Phi) is 9.06. The average molecular weight is 509 g/mol. The Morgan fingerprint density at radius 3 is 2.03 bits per heavy atom. The Balaban J connectivity index is 2.15. The average Bonchev–Trinajstić information content (AvgIpc) is 2.67. The van der Waals surface area contributed by atoms with Gasteiger partial charge in [0.15, 0.2) is 5.75 Å². The van der Waals surface area contributed by atoms with E-state index in [0.29, 0.717) is 12.4 Å². The van der Waals surface area contributed by atoms with Gasteiger partial charge in [-0.15, -0.1) is 0 Å². The molecule has 2 aromatic carbocycles. The van der Waals surface area contributed by atoms with Gasteiger partial charge in [-0.1, -0.05) is 43.5 Å². The summed E-state index contributed by atoms with van der Waals surface area (Å²) < 4.78 is 59.7. The fraction of sp³-hybridized carbons (Fsp3) is 0.429. The van der Waals surface area contributed by atoms with Crippen LogP contribution in [0.1, 0.15) is 26.7 Å². The first-order chi connectivity index (χ1) is 14.4. The summed E-state index contributed by atoms with van der Waals surface area (Å²) in [5.74, 6) is 0.526. The van der Waals surface area contributed by atoms with E-state index < -0.39 is 19.7 Å². The topological polar surface area (TPSA) is 86.7 Å². The molecule has 0 bridgehead atoms. The SMILES string of the molecule is CCCCOc1c(Cl)cc(S(=O)(=O)c2ccc(OCC(C)CS(C)(=O)=O)cc2)cc1Cl. The van der Waals surface area contributed by atoms with Crippen LogP contribution in [0.3, 0.4) is 0 Å². The molecule has 10 heteroatoms. The maximum atomic E-state index is 13.0. The zero-order valence-corrected chi connectivity index (χ0v) is 20.7. The Morgan fingerprint density at radius 1 is 0.935 bits per heavy atom. The Bertz CT molecular complexity index is 1070. The van der Waals surface area contributed by atoms with E-state index in [1.807, 2.05) is 6.92 Å². The fourth-order valence-electron chi connectivity index (χ4n) is 2.80. The van der Waals surface area contributed by atoms with Crippen molar-refractivity contribution in [2.45, 2.75) is 36.5 Å². The zero-order chi connectivity index (χ0) is 23.2. The molecular formula is C21H26Cl2O6S2. The lowest BCUT2D eigenvalue weighted by Crippen LogP contribution is -2.18. The molecule has 0 aliphatic carbocycles. The number of rotatable bonds is 11. The van der Waals surface area contributed by atoms with Crippen LogP contribution in [0.25, 0.3) is 0 Å². The predicted molar refractivity (Wildman–Crippen MR) is 123 cm³/mol. The molecule has 1 atom stereocenters. The third-order valence-electron chi connectivity index (χ3n) is 4.28. The number of sulfone groups is 2. The normalized spacial score (nSPS) is 13.1. The van der Waals surface area contributed by atoms with Crippen LogP contribution in [0.15, 0.2) is 46.2 Å². The van der Waals surface area contributed by atoms with Gasteiger partial charge >= 0.3 is 0 Å². The van der Waals surface area contributed by atoms with E-state index in [9.17, 15) is 16.8 Å². The number of unbranched alkanes of at least 4 members (excludes halogenated alkanes) is 1. The number of halogens is 2. The second-order valence-electron chi connectivity index (χ2n) is 7.40. The first kappa shape index (κ1) is 25.8. The highest BCUT2D eigenvalue weighted by molar-refractivity contribution is 7.91. The molecular weight excluding hydrogens is 483 g/mol. The van der Waals surface area contributed by atoms with E-state index in [1.165, 1.54) is 42.7 Å². The highest BCUT2D eigenvalue weighted by atomic mass is 35.5. The van der Waals surface area contributed by atoms with Crippen LogP contribution in [0, 0.1) is 5.92 Å². The monoisotopic (exact) mass is 508 g/mol. The standard InChI is InChI=1S/C21H26Cl2O6S2/c1-4-5-10-28-21-19(22)11-18(12-20(21)23)31(26,27)17-8-6-16(7-9-17)29-13-15(2)14-30(3,24)25/h6-9,11-12,15H,4-5,10,13-14H2,1-3H3. The molecule has 6 nitrogen and oxygen atoms in total. The minimum absolute atomic E-state index is 0.0130. The lowest BCUT2D eigenvalue weighted by molar-refractivity contribution is 0.272. The summed E-state index contributed by atoms with van der Waals surface area (Å²) in [7, 11) is -6.95. The minimum atomic E-state index is -3.86. The third kappa shape index (κ3) is 7.56. The molecule has 0 aliphatic heterocycles. The number of benzene rings is 2. The van der Waals surface area contributed by atoms with Crippen LogP contribution in [0.2, 0.25) is 10.0 Å². The molecule has 2 rings (SSSR count). The summed E-state index contributed by atoms with van der Waals surface area (Å²) in [5.41, 5.74) is 0. The van der Waals surface area contributed by atoms with Crippen molar-refractivity contribution in [1.29, 1.82) is 0 Å². The maximum absolute atomic E-state index is 13.0. The molecule has 0 aromatic heterocycles. The van der Waals surface area contributed by atoms with Crippen molar-refractivity contribution >= 4 is 42.9 Å². The van der Waals surface area contributed by atoms with Gasteiger partial charge in [-0.25, -0.2) is 16.8 Å². The summed E-state index contributed by atoms with van der Waals surface area (Å²) in [4.78, 5) is 0.0107. The molecule has 0 fully saturated rings. The lowest BCUT2D eigenvalue weighted by Gasteiger charge is -2.13.